The fourth-order valence-electron chi connectivity index (χ4n) is 4.98. The second kappa shape index (κ2) is 9.90. The Balaban J connectivity index is 1.49. The predicted molar refractivity (Wildman–Crippen MR) is 143 cm³/mol. The molecule has 5 rings (SSSR count). The molecule has 3 aromatic rings. The second-order valence-corrected chi connectivity index (χ2v) is 11.8. The van der Waals surface area contributed by atoms with Gasteiger partial charge in [0.2, 0.25) is 0 Å². The molecule has 0 fully saturated rings. The highest BCUT2D eigenvalue weighted by molar-refractivity contribution is 8.01. The van der Waals surface area contributed by atoms with Crippen LogP contribution in [-0.4, -0.2) is 20.8 Å². The molecule has 0 radical (unpaired) electrons. The van der Waals surface area contributed by atoms with E-state index in [1.807, 2.05) is 32.0 Å². The fourth-order valence-corrected chi connectivity index (χ4v) is 6.49. The number of hydrogen-bond acceptors (Lipinski definition) is 4. The molecule has 0 spiro atoms. The summed E-state index contributed by atoms with van der Waals surface area (Å²) in [6, 6.07) is 18.9. The van der Waals surface area contributed by atoms with Gasteiger partial charge in [0.05, 0.1) is 17.4 Å². The number of rotatable bonds is 6. The van der Waals surface area contributed by atoms with Gasteiger partial charge in [-0.05, 0) is 72.2 Å². The largest absolute Gasteiger partial charge is 0.489 e. The van der Waals surface area contributed by atoms with Crippen molar-refractivity contribution < 1.29 is 14.6 Å². The predicted octanol–water partition coefficient (Wildman–Crippen LogP) is 7.10. The zero-order valence-corrected chi connectivity index (χ0v) is 21.1. The quantitative estimate of drug-likeness (QED) is 0.403. The molecule has 2 aromatic carbocycles. The fraction of sp³-hybridized carbons (Fsp3) is 0.333. The summed E-state index contributed by atoms with van der Waals surface area (Å²) in [7, 11) is 0. The monoisotopic (exact) mass is 485 g/mol. The van der Waals surface area contributed by atoms with E-state index in [1.54, 1.807) is 11.8 Å². The molecule has 4 nitrogen and oxygen atoms in total. The third kappa shape index (κ3) is 5.46. The number of fused-ring (bicyclic) bond motifs is 3. The summed E-state index contributed by atoms with van der Waals surface area (Å²) in [4.78, 5) is 16.4. The van der Waals surface area contributed by atoms with Crippen LogP contribution in [0.2, 0.25) is 0 Å². The van der Waals surface area contributed by atoms with Crippen LogP contribution in [0, 0.1) is 0 Å². The Morgan fingerprint density at radius 1 is 1.06 bits per heavy atom. The molecule has 35 heavy (non-hydrogen) atoms. The first-order valence-electron chi connectivity index (χ1n) is 12.3. The lowest BCUT2D eigenvalue weighted by Gasteiger charge is -2.29. The number of carboxylic acid groups (broad SMARTS) is 1. The molecule has 1 aromatic heterocycles. The summed E-state index contributed by atoms with van der Waals surface area (Å²) in [5, 5.41) is 9.45. The van der Waals surface area contributed by atoms with Gasteiger partial charge in [-0.25, -0.2) is 0 Å². The highest BCUT2D eigenvalue weighted by Crippen LogP contribution is 2.49. The maximum Gasteiger partial charge on any atom is 0.304 e. The van der Waals surface area contributed by atoms with Crippen LogP contribution in [0.3, 0.4) is 0 Å². The molecular formula is C30H31NO3S. The third-order valence-electron chi connectivity index (χ3n) is 6.70. The number of nitrogens with zero attached hydrogens (tertiary/aromatic N) is 1. The van der Waals surface area contributed by atoms with Gasteiger partial charge in [0, 0.05) is 16.0 Å². The van der Waals surface area contributed by atoms with E-state index in [0.717, 1.165) is 41.0 Å². The first-order chi connectivity index (χ1) is 16.9. The Morgan fingerprint density at radius 2 is 1.89 bits per heavy atom. The normalized spacial score (nSPS) is 17.1. The molecule has 2 aliphatic rings. The van der Waals surface area contributed by atoms with Crippen molar-refractivity contribution in [3.05, 3.63) is 93.8 Å². The topological polar surface area (TPSA) is 59.4 Å². The molecule has 0 saturated heterocycles. The molecule has 1 unspecified atom stereocenters. The van der Waals surface area contributed by atoms with Crippen LogP contribution >= 0.6 is 11.8 Å². The van der Waals surface area contributed by atoms with E-state index in [9.17, 15) is 9.90 Å². The van der Waals surface area contributed by atoms with Crippen molar-refractivity contribution >= 4 is 29.9 Å². The zero-order chi connectivity index (χ0) is 24.4. The smallest absolute Gasteiger partial charge is 0.304 e. The molecule has 1 aliphatic heterocycles. The summed E-state index contributed by atoms with van der Waals surface area (Å²) < 4.78 is 5.77. The minimum Gasteiger partial charge on any atom is -0.489 e. The number of aryl methyl sites for hydroxylation is 2. The first kappa shape index (κ1) is 23.7. The van der Waals surface area contributed by atoms with Crippen molar-refractivity contribution in [2.45, 2.75) is 62.6 Å². The SMILES string of the molecule is CC(C)(CC(=O)O)SC1c2ccccc2COc2ccc(C=Cc3ccc4c(n3)CCCC4)cc21. The summed E-state index contributed by atoms with van der Waals surface area (Å²) >= 11 is 1.69. The van der Waals surface area contributed by atoms with Crippen molar-refractivity contribution in [2.24, 2.45) is 0 Å². The van der Waals surface area contributed by atoms with Crippen LogP contribution in [0.15, 0.2) is 54.6 Å². The highest BCUT2D eigenvalue weighted by atomic mass is 32.2. The van der Waals surface area contributed by atoms with Gasteiger partial charge >= 0.3 is 5.97 Å². The van der Waals surface area contributed by atoms with Gasteiger partial charge < -0.3 is 9.84 Å². The van der Waals surface area contributed by atoms with Gasteiger partial charge in [-0.2, -0.15) is 0 Å². The van der Waals surface area contributed by atoms with Crippen LogP contribution in [0.4, 0.5) is 0 Å². The molecule has 5 heteroatoms. The van der Waals surface area contributed by atoms with Crippen molar-refractivity contribution in [2.75, 3.05) is 0 Å². The molecule has 1 N–H and O–H groups in total. The lowest BCUT2D eigenvalue weighted by atomic mass is 9.96. The van der Waals surface area contributed by atoms with E-state index >= 15 is 0 Å². The number of benzene rings is 2. The lowest BCUT2D eigenvalue weighted by molar-refractivity contribution is -0.137. The summed E-state index contributed by atoms with van der Waals surface area (Å²) in [5.74, 6) is 0.0731. The molecule has 0 saturated carbocycles. The van der Waals surface area contributed by atoms with Gasteiger partial charge in [0.1, 0.15) is 12.4 Å². The number of aliphatic carboxylic acids is 1. The van der Waals surface area contributed by atoms with Crippen molar-refractivity contribution in [1.82, 2.24) is 4.98 Å². The molecule has 0 amide bonds. The van der Waals surface area contributed by atoms with Gasteiger partial charge in [0.15, 0.2) is 0 Å². The molecule has 1 atom stereocenters. The second-order valence-electron chi connectivity index (χ2n) is 10.00. The number of carbonyl (C=O) groups is 1. The van der Waals surface area contributed by atoms with E-state index in [1.165, 1.54) is 29.7 Å². The van der Waals surface area contributed by atoms with Crippen LogP contribution in [0.5, 0.6) is 5.75 Å². The van der Waals surface area contributed by atoms with Gasteiger partial charge in [0.25, 0.3) is 0 Å². The Labute approximate surface area is 211 Å². The van der Waals surface area contributed by atoms with Crippen LogP contribution in [-0.2, 0) is 24.2 Å². The molecule has 0 bridgehead atoms. The number of pyridine rings is 1. The number of thioether (sulfide) groups is 1. The number of ether oxygens (including phenoxy) is 1. The minimum atomic E-state index is -0.782. The number of hydrogen-bond donors (Lipinski definition) is 1. The molecule has 180 valence electrons. The van der Waals surface area contributed by atoms with Crippen molar-refractivity contribution in [3.63, 3.8) is 0 Å². The first-order valence-corrected chi connectivity index (χ1v) is 13.2. The number of aromatic nitrogens is 1. The van der Waals surface area contributed by atoms with E-state index in [4.69, 9.17) is 9.72 Å². The van der Waals surface area contributed by atoms with Gasteiger partial charge in [-0.15, -0.1) is 11.8 Å². The summed E-state index contributed by atoms with van der Waals surface area (Å²) in [6.07, 6.45) is 8.96. The van der Waals surface area contributed by atoms with E-state index in [0.29, 0.717) is 6.61 Å². The molecule has 1 aliphatic carbocycles. The maximum atomic E-state index is 11.5. The van der Waals surface area contributed by atoms with Gasteiger partial charge in [-0.3, -0.25) is 9.78 Å². The Morgan fingerprint density at radius 3 is 2.74 bits per heavy atom. The van der Waals surface area contributed by atoms with E-state index < -0.39 is 10.7 Å². The van der Waals surface area contributed by atoms with Crippen LogP contribution in [0.1, 0.15) is 77.6 Å². The summed E-state index contributed by atoms with van der Waals surface area (Å²) in [6.45, 7) is 4.52. The average molecular weight is 486 g/mol. The zero-order valence-electron chi connectivity index (χ0n) is 20.3. The maximum absolute atomic E-state index is 11.5. The lowest BCUT2D eigenvalue weighted by Crippen LogP contribution is -2.22. The Bertz CT molecular complexity index is 1280. The van der Waals surface area contributed by atoms with Gasteiger partial charge in [-0.1, -0.05) is 56.3 Å². The van der Waals surface area contributed by atoms with Crippen molar-refractivity contribution in [3.8, 4) is 5.75 Å². The molecule has 2 heterocycles. The Hall–Kier alpha value is -3.05. The van der Waals surface area contributed by atoms with Crippen LogP contribution in [0.25, 0.3) is 12.2 Å². The number of carboxylic acids is 1. The van der Waals surface area contributed by atoms with E-state index in [-0.39, 0.29) is 11.7 Å². The summed E-state index contributed by atoms with van der Waals surface area (Å²) in [5.41, 5.74) is 8.10. The molecular weight excluding hydrogens is 454 g/mol. The average Bonchev–Trinajstić information content (AvgIpc) is 2.98. The minimum absolute atomic E-state index is 0.0201. The van der Waals surface area contributed by atoms with Crippen LogP contribution < -0.4 is 4.74 Å². The van der Waals surface area contributed by atoms with Crippen molar-refractivity contribution in [1.29, 1.82) is 0 Å². The standard InChI is InChI=1S/C30H31NO3S/c1-30(2,18-28(32)33)35-29-24-9-5-3-8-22(24)19-34-27-16-12-20(17-25(27)29)11-14-23-15-13-21-7-4-6-10-26(21)31-23/h3,5,8-9,11-17,29H,4,6-7,10,18-19H2,1-2H3,(H,32,33). The third-order valence-corrected chi connectivity index (χ3v) is 8.22. The highest BCUT2D eigenvalue weighted by Gasteiger charge is 2.32. The Kier molecular flexibility index (Phi) is 6.70. The van der Waals surface area contributed by atoms with E-state index in [2.05, 4.69) is 48.6 Å².